The summed E-state index contributed by atoms with van der Waals surface area (Å²) in [6, 6.07) is -0.863. The summed E-state index contributed by atoms with van der Waals surface area (Å²) in [7, 11) is 1.54. The molecule has 0 saturated heterocycles. The topological polar surface area (TPSA) is 105 Å². The number of hydrogen-bond acceptors (Lipinski definition) is 5. The number of hydrogen-bond donors (Lipinski definition) is 3. The van der Waals surface area contributed by atoms with Crippen molar-refractivity contribution in [2.75, 3.05) is 40.9 Å². The van der Waals surface area contributed by atoms with E-state index in [9.17, 15) is 19.4 Å². The molecule has 0 aromatic rings. The molecule has 0 fully saturated rings. The molecule has 0 aliphatic carbocycles. The maximum absolute atomic E-state index is 12.6. The molecule has 342 valence electrons. The Hall–Kier alpha value is -1.28. The highest BCUT2D eigenvalue weighted by Crippen LogP contribution is 2.43. The average Bonchev–Trinajstić information content (AvgIpc) is 3.17. The van der Waals surface area contributed by atoms with Gasteiger partial charge in [-0.15, -0.1) is 0 Å². The molecule has 0 aliphatic rings. The van der Waals surface area contributed by atoms with Crippen molar-refractivity contribution >= 4 is 13.7 Å². The van der Waals surface area contributed by atoms with Gasteiger partial charge in [-0.3, -0.25) is 13.8 Å². The van der Waals surface area contributed by atoms with Crippen LogP contribution in [0.2, 0.25) is 0 Å². The third kappa shape index (κ3) is 42.8. The molecule has 3 atom stereocenters. The third-order valence-electron chi connectivity index (χ3n) is 10.8. The molecule has 9 heteroatoms. The molecule has 0 radical (unpaired) electrons. The van der Waals surface area contributed by atoms with E-state index >= 15 is 0 Å². The molecule has 58 heavy (non-hydrogen) atoms. The normalized spacial score (nSPS) is 14.5. The highest BCUT2D eigenvalue weighted by molar-refractivity contribution is 7.47. The van der Waals surface area contributed by atoms with Crippen LogP contribution in [0.3, 0.4) is 0 Å². The highest BCUT2D eigenvalue weighted by Gasteiger charge is 2.27. The van der Waals surface area contributed by atoms with Crippen LogP contribution in [0.25, 0.3) is 0 Å². The van der Waals surface area contributed by atoms with Gasteiger partial charge < -0.3 is 19.8 Å². The van der Waals surface area contributed by atoms with Gasteiger partial charge in [0.2, 0.25) is 5.91 Å². The molecule has 0 aromatic heterocycles. The van der Waals surface area contributed by atoms with Crippen LogP contribution in [0.5, 0.6) is 0 Å². The van der Waals surface area contributed by atoms with E-state index in [1.165, 1.54) is 148 Å². The second-order valence-electron chi connectivity index (χ2n) is 17.8. The van der Waals surface area contributed by atoms with Gasteiger partial charge in [-0.25, -0.2) is 4.57 Å². The summed E-state index contributed by atoms with van der Waals surface area (Å²) in [5.41, 5.74) is 0. The summed E-state index contributed by atoms with van der Waals surface area (Å²) in [6.45, 7) is 4.66. The van der Waals surface area contributed by atoms with Gasteiger partial charge in [0, 0.05) is 6.42 Å². The van der Waals surface area contributed by atoms with Gasteiger partial charge in [-0.05, 0) is 44.9 Å². The number of nitrogens with one attached hydrogen (secondary N) is 1. The van der Waals surface area contributed by atoms with Crippen LogP contribution in [0.1, 0.15) is 219 Å². The number of carbonyl (C=O) groups is 1. The molecular weight excluding hydrogens is 744 g/mol. The Morgan fingerprint density at radius 1 is 0.569 bits per heavy atom. The first-order valence-corrected chi connectivity index (χ1v) is 25.9. The largest absolute Gasteiger partial charge is 0.472 e. The zero-order chi connectivity index (χ0) is 42.8. The van der Waals surface area contributed by atoms with Crippen LogP contribution in [-0.4, -0.2) is 73.4 Å². The molecule has 3 unspecified atom stereocenters. The van der Waals surface area contributed by atoms with E-state index in [0.717, 1.165) is 51.4 Å². The Morgan fingerprint density at radius 3 is 1.38 bits per heavy atom. The van der Waals surface area contributed by atoms with Crippen LogP contribution in [0.4, 0.5) is 0 Å². The fraction of sp³-hybridized carbons (Fsp3) is 0.857. The van der Waals surface area contributed by atoms with E-state index in [1.54, 1.807) is 6.08 Å². The quantitative estimate of drug-likeness (QED) is 0.0244. The molecule has 0 spiro atoms. The highest BCUT2D eigenvalue weighted by atomic mass is 31.2. The number of likely N-dealkylation sites (N-methyl/N-ethyl adjacent to an activating group) is 1. The molecular formula is C49H96N2O6P+. The Bertz CT molecular complexity index is 1040. The predicted molar refractivity (Wildman–Crippen MR) is 249 cm³/mol. The monoisotopic (exact) mass is 840 g/mol. The van der Waals surface area contributed by atoms with Gasteiger partial charge >= 0.3 is 7.82 Å². The number of phosphoric ester groups is 1. The number of phosphoric acid groups is 1. The van der Waals surface area contributed by atoms with E-state index in [-0.39, 0.29) is 19.1 Å². The van der Waals surface area contributed by atoms with Crippen molar-refractivity contribution in [1.82, 2.24) is 5.32 Å². The molecule has 8 nitrogen and oxygen atoms in total. The number of unbranched alkanes of at least 4 members (excludes halogenated alkanes) is 27. The lowest BCUT2D eigenvalue weighted by molar-refractivity contribution is -0.870. The zero-order valence-corrected chi connectivity index (χ0v) is 39.7. The van der Waals surface area contributed by atoms with Gasteiger partial charge in [0.1, 0.15) is 13.2 Å². The molecule has 0 saturated carbocycles. The minimum Gasteiger partial charge on any atom is -0.387 e. The minimum absolute atomic E-state index is 0.0533. The Labute approximate surface area is 359 Å². The number of allylic oxidation sites excluding steroid dienone is 5. The standard InChI is InChI=1S/C49H95N2O6P/c1-6-8-10-12-13-14-15-16-17-18-19-20-21-22-23-24-25-26-27-28-29-30-31-32-33-34-35-36-37-38-39-40-42-48(52)47(50-49(53)43-41-11-9-7-2)46-57-58(54,55)56-45-44-51(3,4)5/h32-33,36-37,40,42,47-48,52H,6-31,34-35,38-39,41,43-46H2,1-5H3,(H-,50,53,54,55)/p+1/b33-32+,37-36+,42-40+. The lowest BCUT2D eigenvalue weighted by Crippen LogP contribution is -2.45. The van der Waals surface area contributed by atoms with E-state index < -0.39 is 20.0 Å². The van der Waals surface area contributed by atoms with Crippen LogP contribution >= 0.6 is 7.82 Å². The number of carbonyl (C=O) groups excluding carboxylic acids is 1. The third-order valence-corrected chi connectivity index (χ3v) is 11.8. The second kappa shape index (κ2) is 41.1. The van der Waals surface area contributed by atoms with E-state index in [0.29, 0.717) is 17.4 Å². The Kier molecular flexibility index (Phi) is 40.2. The molecule has 0 aromatic carbocycles. The summed E-state index contributed by atoms with van der Waals surface area (Å²) >= 11 is 0. The van der Waals surface area contributed by atoms with Crippen LogP contribution < -0.4 is 5.32 Å². The molecule has 1 amide bonds. The van der Waals surface area contributed by atoms with Crippen LogP contribution in [-0.2, 0) is 18.4 Å². The van der Waals surface area contributed by atoms with E-state index in [1.807, 2.05) is 27.2 Å². The summed E-state index contributed by atoms with van der Waals surface area (Å²) in [5, 5.41) is 13.6. The van der Waals surface area contributed by atoms with Gasteiger partial charge in [-0.2, -0.15) is 0 Å². The number of rotatable bonds is 44. The summed E-state index contributed by atoms with van der Waals surface area (Å²) < 4.78 is 23.3. The zero-order valence-electron chi connectivity index (χ0n) is 38.8. The smallest absolute Gasteiger partial charge is 0.387 e. The van der Waals surface area contributed by atoms with Crippen molar-refractivity contribution in [1.29, 1.82) is 0 Å². The Morgan fingerprint density at radius 2 is 0.948 bits per heavy atom. The lowest BCUT2D eigenvalue weighted by Gasteiger charge is -2.25. The van der Waals surface area contributed by atoms with Crippen molar-refractivity contribution in [3.8, 4) is 0 Å². The predicted octanol–water partition coefficient (Wildman–Crippen LogP) is 13.9. The number of nitrogens with zero attached hydrogens (tertiary/aromatic N) is 1. The average molecular weight is 840 g/mol. The van der Waals surface area contributed by atoms with Gasteiger partial charge in [0.15, 0.2) is 0 Å². The maximum atomic E-state index is 12.6. The number of quaternary nitrogens is 1. The van der Waals surface area contributed by atoms with Gasteiger partial charge in [0.05, 0.1) is 39.9 Å². The minimum atomic E-state index is -4.33. The molecule has 0 rings (SSSR count). The van der Waals surface area contributed by atoms with Gasteiger partial charge in [0.25, 0.3) is 0 Å². The van der Waals surface area contributed by atoms with Crippen molar-refractivity contribution in [3.63, 3.8) is 0 Å². The summed E-state index contributed by atoms with van der Waals surface area (Å²) in [5.74, 6) is -0.209. The van der Waals surface area contributed by atoms with E-state index in [4.69, 9.17) is 9.05 Å². The second-order valence-corrected chi connectivity index (χ2v) is 19.3. The van der Waals surface area contributed by atoms with E-state index in [2.05, 4.69) is 43.5 Å². The first-order valence-electron chi connectivity index (χ1n) is 24.4. The van der Waals surface area contributed by atoms with Crippen molar-refractivity contribution in [2.45, 2.75) is 231 Å². The molecule has 0 heterocycles. The first kappa shape index (κ1) is 56.7. The van der Waals surface area contributed by atoms with Crippen molar-refractivity contribution in [2.24, 2.45) is 0 Å². The molecule has 3 N–H and O–H groups in total. The maximum Gasteiger partial charge on any atom is 0.472 e. The van der Waals surface area contributed by atoms with Crippen molar-refractivity contribution in [3.05, 3.63) is 36.5 Å². The lowest BCUT2D eigenvalue weighted by atomic mass is 10.0. The number of amides is 1. The van der Waals surface area contributed by atoms with Crippen molar-refractivity contribution < 1.29 is 32.9 Å². The SMILES string of the molecule is CCCCCCCCCCCCCCCCCCCCCCCC/C=C/CC/C=C/CC/C=C/C(O)C(COP(=O)(O)OCC[N+](C)(C)C)NC(=O)CCCCCC. The summed E-state index contributed by atoms with van der Waals surface area (Å²) in [4.78, 5) is 22.7. The first-order chi connectivity index (χ1) is 28.0. The Balaban J connectivity index is 3.95. The number of aliphatic hydroxyl groups excluding tert-OH is 1. The van der Waals surface area contributed by atoms with Crippen LogP contribution in [0, 0.1) is 0 Å². The fourth-order valence-electron chi connectivity index (χ4n) is 6.96. The molecule has 0 aliphatic heterocycles. The molecule has 0 bridgehead atoms. The van der Waals surface area contributed by atoms with Crippen LogP contribution in [0.15, 0.2) is 36.5 Å². The fourth-order valence-corrected chi connectivity index (χ4v) is 7.69. The summed E-state index contributed by atoms with van der Waals surface area (Å²) in [6.07, 6.45) is 51.8. The number of aliphatic hydroxyl groups is 1. The van der Waals surface area contributed by atoms with Gasteiger partial charge in [-0.1, -0.05) is 204 Å².